The number of nitrogens with one attached hydrogen (secondary N) is 3. The fraction of sp³-hybridized carbons (Fsp3) is 0.500. The van der Waals surface area contributed by atoms with Crippen molar-refractivity contribution < 1.29 is 14.4 Å². The second kappa shape index (κ2) is 7.94. The first kappa shape index (κ1) is 19.8. The summed E-state index contributed by atoms with van der Waals surface area (Å²) in [7, 11) is 0. The van der Waals surface area contributed by atoms with Crippen molar-refractivity contribution in [3.05, 3.63) is 28.2 Å². The number of fused-ring (bicyclic) bond motifs is 1. The van der Waals surface area contributed by atoms with E-state index in [1.54, 1.807) is 23.1 Å². The number of piperazine rings is 1. The van der Waals surface area contributed by atoms with Crippen LogP contribution in [0.25, 0.3) is 0 Å². The van der Waals surface area contributed by atoms with Gasteiger partial charge in [-0.3, -0.25) is 9.59 Å². The number of benzene rings is 1. The summed E-state index contributed by atoms with van der Waals surface area (Å²) in [6.45, 7) is 4.31. The first-order valence-electron chi connectivity index (χ1n) is 8.88. The largest absolute Gasteiger partial charge is 0.342 e. The van der Waals surface area contributed by atoms with Crippen molar-refractivity contribution >= 4 is 46.7 Å². The van der Waals surface area contributed by atoms with Crippen LogP contribution in [-0.4, -0.2) is 47.4 Å². The molecule has 3 rings (SSSR count). The van der Waals surface area contributed by atoms with E-state index in [0.717, 1.165) is 0 Å². The Labute approximate surface area is 167 Å². The number of hydrogen-bond donors (Lipinski definition) is 3. The summed E-state index contributed by atoms with van der Waals surface area (Å²) in [6.07, 6.45) is 0.965. The molecular formula is C18H22Cl2N4O3. The third-order valence-corrected chi connectivity index (χ3v) is 5.37. The van der Waals surface area contributed by atoms with E-state index < -0.39 is 18.1 Å². The Hall–Kier alpha value is -1.99. The van der Waals surface area contributed by atoms with Gasteiger partial charge >= 0.3 is 6.03 Å². The zero-order valence-corrected chi connectivity index (χ0v) is 16.6. The van der Waals surface area contributed by atoms with Gasteiger partial charge in [-0.1, -0.05) is 43.1 Å². The van der Waals surface area contributed by atoms with Crippen molar-refractivity contribution in [2.24, 2.45) is 5.92 Å². The number of halogens is 2. The van der Waals surface area contributed by atoms with Gasteiger partial charge in [0.15, 0.2) is 0 Å². The molecule has 0 radical (unpaired) electrons. The van der Waals surface area contributed by atoms with Gasteiger partial charge in [-0.25, -0.2) is 4.79 Å². The highest BCUT2D eigenvalue weighted by Crippen LogP contribution is 2.30. The molecule has 1 aromatic rings. The van der Waals surface area contributed by atoms with Crippen LogP contribution in [0.4, 0.5) is 10.5 Å². The van der Waals surface area contributed by atoms with E-state index in [1.807, 2.05) is 13.8 Å². The van der Waals surface area contributed by atoms with Crippen molar-refractivity contribution in [3.63, 3.8) is 0 Å². The molecule has 3 atom stereocenters. The average Bonchev–Trinajstić information content (AvgIpc) is 3.00. The normalized spacial score (nSPS) is 24.6. The standard InChI is InChI=1S/C18H22Cl2N4O3/c1-9(2)6-13-17(26)24-8-10(7-14(24)16(25)22-13)21-18(27)23-15-11(19)4-3-5-12(15)20/h3-5,9-10,13-14H,6-8H2,1-2H3,(H,22,25)(H2,21,23,27)/t10-,13-,14-/m0/s1. The molecule has 0 saturated carbocycles. The number of nitrogens with zero attached hydrogens (tertiary/aromatic N) is 1. The lowest BCUT2D eigenvalue weighted by molar-refractivity contribution is -0.147. The minimum absolute atomic E-state index is 0.0906. The fourth-order valence-electron chi connectivity index (χ4n) is 3.55. The van der Waals surface area contributed by atoms with Crippen LogP contribution in [0.1, 0.15) is 26.7 Å². The van der Waals surface area contributed by atoms with Crippen molar-refractivity contribution in [1.29, 1.82) is 0 Å². The SMILES string of the molecule is CC(C)C[C@@H]1NC(=O)[C@@H]2C[C@H](NC(=O)Nc3c(Cl)cccc3Cl)CN2C1=O. The van der Waals surface area contributed by atoms with Gasteiger partial charge < -0.3 is 20.9 Å². The Balaban J connectivity index is 1.63. The minimum atomic E-state index is -0.546. The summed E-state index contributed by atoms with van der Waals surface area (Å²) in [4.78, 5) is 38.9. The number of para-hydroxylation sites is 1. The molecule has 7 nitrogen and oxygen atoms in total. The van der Waals surface area contributed by atoms with Crippen LogP contribution < -0.4 is 16.0 Å². The van der Waals surface area contributed by atoms with Crippen LogP contribution in [0.5, 0.6) is 0 Å². The Morgan fingerprint density at radius 3 is 2.59 bits per heavy atom. The van der Waals surface area contributed by atoms with Gasteiger partial charge in [0.2, 0.25) is 11.8 Å². The van der Waals surface area contributed by atoms with Crippen LogP contribution in [0, 0.1) is 5.92 Å². The zero-order chi connectivity index (χ0) is 19.7. The summed E-state index contributed by atoms with van der Waals surface area (Å²) in [5, 5.41) is 8.88. The maximum absolute atomic E-state index is 12.6. The van der Waals surface area contributed by atoms with Crippen molar-refractivity contribution in [2.45, 2.75) is 44.8 Å². The number of urea groups is 1. The molecule has 2 aliphatic heterocycles. The van der Waals surface area contributed by atoms with Crippen molar-refractivity contribution in [2.75, 3.05) is 11.9 Å². The molecule has 0 aromatic heterocycles. The first-order chi connectivity index (χ1) is 12.8. The molecule has 2 saturated heterocycles. The van der Waals surface area contributed by atoms with Crippen LogP contribution in [0.15, 0.2) is 18.2 Å². The number of anilines is 1. The Kier molecular flexibility index (Phi) is 5.81. The summed E-state index contributed by atoms with van der Waals surface area (Å²) in [5.41, 5.74) is 0.319. The van der Waals surface area contributed by atoms with E-state index in [-0.39, 0.29) is 17.9 Å². The quantitative estimate of drug-likeness (QED) is 0.709. The summed E-state index contributed by atoms with van der Waals surface area (Å²) in [6, 6.07) is 3.07. The van der Waals surface area contributed by atoms with E-state index >= 15 is 0 Å². The molecule has 0 unspecified atom stereocenters. The van der Waals surface area contributed by atoms with Crippen LogP contribution in [0.2, 0.25) is 10.0 Å². The Bertz CT molecular complexity index is 751. The Morgan fingerprint density at radius 1 is 1.30 bits per heavy atom. The van der Waals surface area contributed by atoms with Crippen LogP contribution in [-0.2, 0) is 9.59 Å². The summed E-state index contributed by atoms with van der Waals surface area (Å²) < 4.78 is 0. The lowest BCUT2D eigenvalue weighted by Gasteiger charge is -2.35. The maximum Gasteiger partial charge on any atom is 0.319 e. The van der Waals surface area contributed by atoms with Gasteiger partial charge in [-0.15, -0.1) is 0 Å². The molecule has 2 fully saturated rings. The molecular weight excluding hydrogens is 391 g/mol. The molecule has 0 aliphatic carbocycles. The van der Waals surface area contributed by atoms with E-state index in [9.17, 15) is 14.4 Å². The highest BCUT2D eigenvalue weighted by molar-refractivity contribution is 6.39. The fourth-order valence-corrected chi connectivity index (χ4v) is 4.04. The van der Waals surface area contributed by atoms with Crippen molar-refractivity contribution in [3.8, 4) is 0 Å². The molecule has 27 heavy (non-hydrogen) atoms. The first-order valence-corrected chi connectivity index (χ1v) is 9.64. The summed E-state index contributed by atoms with van der Waals surface area (Å²) >= 11 is 12.1. The maximum atomic E-state index is 12.6. The number of carbonyl (C=O) groups is 3. The number of hydrogen-bond acceptors (Lipinski definition) is 3. The lowest BCUT2D eigenvalue weighted by atomic mass is 9.99. The average molecular weight is 413 g/mol. The van der Waals surface area contributed by atoms with E-state index in [1.165, 1.54) is 0 Å². The molecule has 146 valence electrons. The van der Waals surface area contributed by atoms with Crippen LogP contribution >= 0.6 is 23.2 Å². The van der Waals surface area contributed by atoms with Gasteiger partial charge in [-0.05, 0) is 30.9 Å². The second-order valence-corrected chi connectivity index (χ2v) is 8.14. The number of rotatable bonds is 4. The lowest BCUT2D eigenvalue weighted by Crippen LogP contribution is -2.61. The third-order valence-electron chi connectivity index (χ3n) is 4.75. The van der Waals surface area contributed by atoms with Crippen LogP contribution in [0.3, 0.4) is 0 Å². The predicted octanol–water partition coefficient (Wildman–Crippen LogP) is 2.63. The molecule has 2 heterocycles. The predicted molar refractivity (Wildman–Crippen MR) is 104 cm³/mol. The highest BCUT2D eigenvalue weighted by atomic mass is 35.5. The molecule has 0 spiro atoms. The topological polar surface area (TPSA) is 90.5 Å². The minimum Gasteiger partial charge on any atom is -0.342 e. The third kappa shape index (κ3) is 4.30. The zero-order valence-electron chi connectivity index (χ0n) is 15.1. The van der Waals surface area contributed by atoms with E-state index in [2.05, 4.69) is 16.0 Å². The van der Waals surface area contributed by atoms with E-state index in [0.29, 0.717) is 41.0 Å². The monoisotopic (exact) mass is 412 g/mol. The van der Waals surface area contributed by atoms with Gasteiger partial charge in [0, 0.05) is 6.54 Å². The van der Waals surface area contributed by atoms with Gasteiger partial charge in [-0.2, -0.15) is 0 Å². The molecule has 0 bridgehead atoms. The molecule has 3 N–H and O–H groups in total. The van der Waals surface area contributed by atoms with Gasteiger partial charge in [0.05, 0.1) is 21.8 Å². The number of amides is 4. The molecule has 1 aromatic carbocycles. The molecule has 9 heteroatoms. The molecule has 4 amide bonds. The van der Waals surface area contributed by atoms with Gasteiger partial charge in [0.1, 0.15) is 12.1 Å². The van der Waals surface area contributed by atoms with Gasteiger partial charge in [0.25, 0.3) is 0 Å². The smallest absolute Gasteiger partial charge is 0.319 e. The highest BCUT2D eigenvalue weighted by Gasteiger charge is 2.46. The second-order valence-electron chi connectivity index (χ2n) is 7.32. The van der Waals surface area contributed by atoms with E-state index in [4.69, 9.17) is 23.2 Å². The molecule has 2 aliphatic rings. The summed E-state index contributed by atoms with van der Waals surface area (Å²) in [5.74, 6) is 0.0322. The number of carbonyl (C=O) groups excluding carboxylic acids is 3. The Morgan fingerprint density at radius 2 is 1.96 bits per heavy atom. The van der Waals surface area contributed by atoms with Crippen molar-refractivity contribution in [1.82, 2.24) is 15.5 Å².